The number of carbonyl (C=O) groups excluding carboxylic acids is 2. The summed E-state index contributed by atoms with van der Waals surface area (Å²) < 4.78 is 21.0. The lowest BCUT2D eigenvalue weighted by molar-refractivity contribution is -0.145. The average Bonchev–Trinajstić information content (AvgIpc) is 2.73. The molecule has 29 heavy (non-hydrogen) atoms. The standard InChI is InChI=1S/C21H24N2O6/c1-4-27-20(24)14-28-18-11-10-16(12-19(18)26-3)13-22-23-21(25)15(2)29-17-8-6-5-7-9-17/h5-13,15H,4,14H2,1-3H3,(H,23,25). The molecule has 1 N–H and O–H groups in total. The first-order chi connectivity index (χ1) is 14.0. The zero-order valence-electron chi connectivity index (χ0n) is 16.6. The fourth-order valence-electron chi connectivity index (χ4n) is 2.24. The highest BCUT2D eigenvalue weighted by molar-refractivity contribution is 5.85. The molecule has 8 heteroatoms. The molecule has 0 bridgehead atoms. The summed E-state index contributed by atoms with van der Waals surface area (Å²) in [4.78, 5) is 23.5. The van der Waals surface area contributed by atoms with Gasteiger partial charge in [0.25, 0.3) is 5.91 Å². The maximum Gasteiger partial charge on any atom is 0.344 e. The number of amides is 1. The maximum absolute atomic E-state index is 12.1. The Morgan fingerprint density at radius 2 is 1.90 bits per heavy atom. The van der Waals surface area contributed by atoms with E-state index in [1.807, 2.05) is 18.2 Å². The van der Waals surface area contributed by atoms with Gasteiger partial charge in [-0.1, -0.05) is 18.2 Å². The van der Waals surface area contributed by atoms with Crippen molar-refractivity contribution in [3.05, 3.63) is 54.1 Å². The molecule has 0 spiro atoms. The molecule has 0 saturated carbocycles. The summed E-state index contributed by atoms with van der Waals surface area (Å²) in [6.45, 7) is 3.43. The topological polar surface area (TPSA) is 95.5 Å². The number of hydrogen-bond acceptors (Lipinski definition) is 7. The molecule has 0 aromatic heterocycles. The van der Waals surface area contributed by atoms with Gasteiger partial charge in [-0.05, 0) is 49.7 Å². The van der Waals surface area contributed by atoms with Crippen LogP contribution in [0.25, 0.3) is 0 Å². The van der Waals surface area contributed by atoms with Gasteiger partial charge in [-0.25, -0.2) is 10.2 Å². The molecule has 8 nitrogen and oxygen atoms in total. The van der Waals surface area contributed by atoms with E-state index in [-0.39, 0.29) is 19.1 Å². The molecule has 0 aliphatic rings. The number of methoxy groups -OCH3 is 1. The molecule has 2 rings (SSSR count). The second kappa shape index (κ2) is 11.3. The van der Waals surface area contributed by atoms with Gasteiger partial charge >= 0.3 is 5.97 Å². The second-order valence-electron chi connectivity index (χ2n) is 5.81. The normalized spacial score (nSPS) is 11.6. The predicted molar refractivity (Wildman–Crippen MR) is 107 cm³/mol. The van der Waals surface area contributed by atoms with E-state index in [4.69, 9.17) is 18.9 Å². The lowest BCUT2D eigenvalue weighted by Crippen LogP contribution is -2.33. The number of carbonyl (C=O) groups is 2. The fraction of sp³-hybridized carbons (Fsp3) is 0.286. The number of para-hydroxylation sites is 1. The Hall–Kier alpha value is -3.55. The molecular weight excluding hydrogens is 376 g/mol. The third kappa shape index (κ3) is 7.17. The van der Waals surface area contributed by atoms with Crippen LogP contribution in [0.3, 0.4) is 0 Å². The Morgan fingerprint density at radius 3 is 2.59 bits per heavy atom. The number of benzene rings is 2. The highest BCUT2D eigenvalue weighted by atomic mass is 16.6. The van der Waals surface area contributed by atoms with Crippen LogP contribution in [0, 0.1) is 0 Å². The van der Waals surface area contributed by atoms with Gasteiger partial charge in [0.1, 0.15) is 5.75 Å². The van der Waals surface area contributed by atoms with Gasteiger partial charge in [0.2, 0.25) is 0 Å². The van der Waals surface area contributed by atoms with Crippen LogP contribution < -0.4 is 19.6 Å². The van der Waals surface area contributed by atoms with Crippen LogP contribution in [0.2, 0.25) is 0 Å². The third-order valence-corrected chi connectivity index (χ3v) is 3.65. The van der Waals surface area contributed by atoms with Gasteiger partial charge in [-0.2, -0.15) is 5.10 Å². The van der Waals surface area contributed by atoms with Crippen LogP contribution in [-0.2, 0) is 14.3 Å². The molecule has 0 saturated heterocycles. The van der Waals surface area contributed by atoms with Crippen LogP contribution in [0.5, 0.6) is 17.2 Å². The highest BCUT2D eigenvalue weighted by Gasteiger charge is 2.13. The molecule has 154 valence electrons. The van der Waals surface area contributed by atoms with Crippen LogP contribution in [0.1, 0.15) is 19.4 Å². The first-order valence-corrected chi connectivity index (χ1v) is 9.04. The Balaban J connectivity index is 1.90. The van der Waals surface area contributed by atoms with Crippen molar-refractivity contribution in [2.45, 2.75) is 20.0 Å². The summed E-state index contributed by atoms with van der Waals surface area (Å²) in [7, 11) is 1.48. The number of hydrogen-bond donors (Lipinski definition) is 1. The van der Waals surface area contributed by atoms with Crippen LogP contribution in [0.4, 0.5) is 0 Å². The Bertz CT molecular complexity index is 838. The van der Waals surface area contributed by atoms with E-state index < -0.39 is 12.1 Å². The number of nitrogens with zero attached hydrogens (tertiary/aromatic N) is 1. The average molecular weight is 400 g/mol. The van der Waals surface area contributed by atoms with Crippen molar-refractivity contribution in [2.24, 2.45) is 5.10 Å². The summed E-state index contributed by atoms with van der Waals surface area (Å²) in [6, 6.07) is 14.1. The SMILES string of the molecule is CCOC(=O)COc1ccc(C=NNC(=O)C(C)Oc2ccccc2)cc1OC. The van der Waals surface area contributed by atoms with Crippen molar-refractivity contribution in [3.8, 4) is 17.2 Å². The first-order valence-electron chi connectivity index (χ1n) is 9.04. The summed E-state index contributed by atoms with van der Waals surface area (Å²) in [6.07, 6.45) is 0.757. The van der Waals surface area contributed by atoms with Gasteiger partial charge < -0.3 is 18.9 Å². The number of hydrazone groups is 1. The van der Waals surface area contributed by atoms with Crippen molar-refractivity contribution in [3.63, 3.8) is 0 Å². The minimum Gasteiger partial charge on any atom is -0.493 e. The van der Waals surface area contributed by atoms with Crippen molar-refractivity contribution >= 4 is 18.1 Å². The molecule has 2 aromatic carbocycles. The summed E-state index contributed by atoms with van der Waals surface area (Å²) in [5, 5.41) is 3.93. The van der Waals surface area contributed by atoms with Gasteiger partial charge in [0, 0.05) is 0 Å². The zero-order valence-corrected chi connectivity index (χ0v) is 16.6. The van der Waals surface area contributed by atoms with Crippen molar-refractivity contribution in [1.82, 2.24) is 5.43 Å². The van der Waals surface area contributed by atoms with Gasteiger partial charge in [-0.3, -0.25) is 4.79 Å². The summed E-state index contributed by atoms with van der Waals surface area (Å²) in [5.74, 6) is 0.570. The molecule has 0 heterocycles. The van der Waals surface area contributed by atoms with Gasteiger partial charge in [0.05, 0.1) is 19.9 Å². The molecular formula is C21H24N2O6. The van der Waals surface area contributed by atoms with E-state index in [2.05, 4.69) is 10.5 Å². The number of ether oxygens (including phenoxy) is 4. The first kappa shape index (κ1) is 21.7. The molecule has 0 radical (unpaired) electrons. The Kier molecular flexibility index (Phi) is 8.50. The number of esters is 1. The molecule has 2 aromatic rings. The minimum atomic E-state index is -0.706. The van der Waals surface area contributed by atoms with Crippen molar-refractivity contribution in [2.75, 3.05) is 20.3 Å². The third-order valence-electron chi connectivity index (χ3n) is 3.65. The van der Waals surface area contributed by atoms with Gasteiger partial charge in [0.15, 0.2) is 24.2 Å². The van der Waals surface area contributed by atoms with E-state index in [1.165, 1.54) is 13.3 Å². The molecule has 0 aliphatic heterocycles. The number of rotatable bonds is 10. The van der Waals surface area contributed by atoms with E-state index in [0.29, 0.717) is 22.8 Å². The largest absolute Gasteiger partial charge is 0.493 e. The smallest absolute Gasteiger partial charge is 0.344 e. The zero-order chi connectivity index (χ0) is 21.1. The van der Waals surface area contributed by atoms with Crippen LogP contribution >= 0.6 is 0 Å². The van der Waals surface area contributed by atoms with Crippen LogP contribution in [0.15, 0.2) is 53.6 Å². The molecule has 0 fully saturated rings. The van der Waals surface area contributed by atoms with Crippen molar-refractivity contribution in [1.29, 1.82) is 0 Å². The fourth-order valence-corrected chi connectivity index (χ4v) is 2.24. The second-order valence-corrected chi connectivity index (χ2v) is 5.81. The van der Waals surface area contributed by atoms with E-state index in [1.54, 1.807) is 44.2 Å². The van der Waals surface area contributed by atoms with E-state index in [0.717, 1.165) is 0 Å². The van der Waals surface area contributed by atoms with E-state index in [9.17, 15) is 9.59 Å². The Labute approximate surface area is 169 Å². The van der Waals surface area contributed by atoms with Crippen molar-refractivity contribution < 1.29 is 28.5 Å². The maximum atomic E-state index is 12.1. The van der Waals surface area contributed by atoms with E-state index >= 15 is 0 Å². The van der Waals surface area contributed by atoms with Crippen LogP contribution in [-0.4, -0.2) is 44.5 Å². The quantitative estimate of drug-likeness (QED) is 0.374. The lowest BCUT2D eigenvalue weighted by Gasteiger charge is -2.12. The monoisotopic (exact) mass is 400 g/mol. The lowest BCUT2D eigenvalue weighted by atomic mass is 10.2. The highest BCUT2D eigenvalue weighted by Crippen LogP contribution is 2.27. The molecule has 1 unspecified atom stereocenters. The predicted octanol–water partition coefficient (Wildman–Crippen LogP) is 2.55. The minimum absolute atomic E-state index is 0.215. The molecule has 1 atom stereocenters. The summed E-state index contributed by atoms with van der Waals surface area (Å²) >= 11 is 0. The molecule has 1 amide bonds. The van der Waals surface area contributed by atoms with Gasteiger partial charge in [-0.15, -0.1) is 0 Å². The Morgan fingerprint density at radius 1 is 1.14 bits per heavy atom. The molecule has 0 aliphatic carbocycles. The summed E-state index contributed by atoms with van der Waals surface area (Å²) in [5.41, 5.74) is 3.10. The number of nitrogens with one attached hydrogen (secondary N) is 1.